The average Bonchev–Trinajstić information content (AvgIpc) is 3.09. The number of aryl methyl sites for hydroxylation is 1. The second-order valence-corrected chi connectivity index (χ2v) is 8.21. The van der Waals surface area contributed by atoms with Crippen molar-refractivity contribution in [3.8, 4) is 5.69 Å². The van der Waals surface area contributed by atoms with Gasteiger partial charge in [-0.3, -0.25) is 9.36 Å². The Morgan fingerprint density at radius 1 is 1.16 bits per heavy atom. The van der Waals surface area contributed by atoms with Gasteiger partial charge in [0.15, 0.2) is 0 Å². The minimum absolute atomic E-state index is 0.129. The SMILES string of the molecule is CC(=O)NCCCc1nnc(Sc2ccc(C(F)(F)F)cn2)n1-c1ccc(Cl)c(Cl)c1. The molecule has 0 aliphatic heterocycles. The van der Waals surface area contributed by atoms with Gasteiger partial charge in [0.05, 0.1) is 21.3 Å². The van der Waals surface area contributed by atoms with Gasteiger partial charge in [0.25, 0.3) is 0 Å². The number of hydrogen-bond acceptors (Lipinski definition) is 5. The van der Waals surface area contributed by atoms with Gasteiger partial charge in [-0.2, -0.15) is 13.2 Å². The third-order valence-electron chi connectivity index (χ3n) is 4.07. The van der Waals surface area contributed by atoms with E-state index >= 15 is 0 Å². The summed E-state index contributed by atoms with van der Waals surface area (Å²) >= 11 is 13.2. The number of nitrogens with one attached hydrogen (secondary N) is 1. The molecular formula is C19H16Cl2F3N5OS. The monoisotopic (exact) mass is 489 g/mol. The number of carbonyl (C=O) groups excluding carboxylic acids is 1. The highest BCUT2D eigenvalue weighted by Crippen LogP contribution is 2.33. The summed E-state index contributed by atoms with van der Waals surface area (Å²) in [4.78, 5) is 14.9. The van der Waals surface area contributed by atoms with Crippen molar-refractivity contribution in [3.63, 3.8) is 0 Å². The number of pyridine rings is 1. The van der Waals surface area contributed by atoms with Crippen LogP contribution >= 0.6 is 35.0 Å². The van der Waals surface area contributed by atoms with E-state index in [2.05, 4.69) is 20.5 Å². The van der Waals surface area contributed by atoms with Gasteiger partial charge in [-0.1, -0.05) is 23.2 Å². The Morgan fingerprint density at radius 2 is 1.94 bits per heavy atom. The maximum atomic E-state index is 12.8. The van der Waals surface area contributed by atoms with Crippen LogP contribution in [-0.2, 0) is 17.4 Å². The highest BCUT2D eigenvalue weighted by atomic mass is 35.5. The number of alkyl halides is 3. The average molecular weight is 490 g/mol. The molecule has 0 fully saturated rings. The molecule has 0 saturated heterocycles. The molecule has 0 atom stereocenters. The van der Waals surface area contributed by atoms with Crippen LogP contribution in [0.15, 0.2) is 46.7 Å². The van der Waals surface area contributed by atoms with Crippen LogP contribution in [0.5, 0.6) is 0 Å². The highest BCUT2D eigenvalue weighted by Gasteiger charge is 2.30. The highest BCUT2D eigenvalue weighted by molar-refractivity contribution is 7.99. The van der Waals surface area contributed by atoms with Crippen LogP contribution in [0.4, 0.5) is 13.2 Å². The normalized spacial score (nSPS) is 11.5. The van der Waals surface area contributed by atoms with Crippen LogP contribution in [0.3, 0.4) is 0 Å². The van der Waals surface area contributed by atoms with E-state index < -0.39 is 11.7 Å². The molecule has 2 heterocycles. The van der Waals surface area contributed by atoms with E-state index in [4.69, 9.17) is 23.2 Å². The van der Waals surface area contributed by atoms with Gasteiger partial charge >= 0.3 is 6.18 Å². The van der Waals surface area contributed by atoms with Crippen molar-refractivity contribution in [1.82, 2.24) is 25.1 Å². The lowest BCUT2D eigenvalue weighted by molar-refractivity contribution is -0.137. The van der Waals surface area contributed by atoms with Crippen LogP contribution in [-0.4, -0.2) is 32.2 Å². The Kier molecular flexibility index (Phi) is 7.45. The van der Waals surface area contributed by atoms with Crippen molar-refractivity contribution in [2.45, 2.75) is 36.1 Å². The van der Waals surface area contributed by atoms with Crippen LogP contribution in [0.25, 0.3) is 5.69 Å². The topological polar surface area (TPSA) is 72.7 Å². The summed E-state index contributed by atoms with van der Waals surface area (Å²) < 4.78 is 40.1. The molecule has 3 aromatic rings. The molecule has 0 saturated carbocycles. The summed E-state index contributed by atoms with van der Waals surface area (Å²) in [5.74, 6) is 0.466. The van der Waals surface area contributed by atoms with E-state index in [0.29, 0.717) is 51.1 Å². The zero-order valence-corrected chi connectivity index (χ0v) is 18.4. The van der Waals surface area contributed by atoms with Gasteiger partial charge in [-0.25, -0.2) is 4.98 Å². The fourth-order valence-corrected chi connectivity index (χ4v) is 3.73. The molecule has 0 aliphatic carbocycles. The summed E-state index contributed by atoms with van der Waals surface area (Å²) in [5.41, 5.74) is -0.190. The fourth-order valence-electron chi connectivity index (χ4n) is 2.62. The Hall–Kier alpha value is -2.30. The van der Waals surface area contributed by atoms with Crippen LogP contribution in [0.1, 0.15) is 24.7 Å². The summed E-state index contributed by atoms with van der Waals surface area (Å²) in [6.45, 7) is 1.90. The first-order chi connectivity index (χ1) is 14.6. The largest absolute Gasteiger partial charge is 0.417 e. The number of rotatable bonds is 7. The first-order valence-electron chi connectivity index (χ1n) is 9.00. The Balaban J connectivity index is 1.90. The standard InChI is InChI=1S/C19H16Cl2F3N5OS/c1-11(30)25-8-2-3-16-27-28-18(29(16)13-5-6-14(20)15(21)9-13)31-17-7-4-12(10-26-17)19(22,23)24/h4-7,9-10H,2-3,8H2,1H3,(H,25,30). The minimum Gasteiger partial charge on any atom is -0.356 e. The molecule has 6 nitrogen and oxygen atoms in total. The molecule has 3 rings (SSSR count). The lowest BCUT2D eigenvalue weighted by Crippen LogP contribution is -2.21. The van der Waals surface area contributed by atoms with Crippen molar-refractivity contribution in [2.24, 2.45) is 0 Å². The van der Waals surface area contributed by atoms with Crippen molar-refractivity contribution >= 4 is 40.9 Å². The molecule has 0 spiro atoms. The summed E-state index contributed by atoms with van der Waals surface area (Å²) in [5, 5.41) is 12.5. The molecule has 1 amide bonds. The number of carbonyl (C=O) groups is 1. The van der Waals surface area contributed by atoms with E-state index in [1.165, 1.54) is 13.0 Å². The predicted octanol–water partition coefficient (Wildman–Crippen LogP) is 5.21. The van der Waals surface area contributed by atoms with Gasteiger partial charge in [0.2, 0.25) is 11.1 Å². The third kappa shape index (κ3) is 6.11. The van der Waals surface area contributed by atoms with Crippen LogP contribution in [0.2, 0.25) is 10.0 Å². The van der Waals surface area contributed by atoms with Gasteiger partial charge in [0.1, 0.15) is 10.9 Å². The molecule has 12 heteroatoms. The second kappa shape index (κ2) is 9.88. The maximum Gasteiger partial charge on any atom is 0.417 e. The first-order valence-corrected chi connectivity index (χ1v) is 10.6. The third-order valence-corrected chi connectivity index (χ3v) is 5.71. The van der Waals surface area contributed by atoms with Gasteiger partial charge in [0, 0.05) is 26.1 Å². The fraction of sp³-hybridized carbons (Fsp3) is 0.263. The molecule has 2 aromatic heterocycles. The number of benzene rings is 1. The van der Waals surface area contributed by atoms with Crippen molar-refractivity contribution in [1.29, 1.82) is 0 Å². The quantitative estimate of drug-likeness (QED) is 0.461. The molecule has 1 N–H and O–H groups in total. The first kappa shape index (κ1) is 23.4. The maximum absolute atomic E-state index is 12.8. The molecule has 0 bridgehead atoms. The number of aromatic nitrogens is 4. The lowest BCUT2D eigenvalue weighted by atomic mass is 10.2. The number of halogens is 5. The number of hydrogen-bond donors (Lipinski definition) is 1. The molecule has 0 aliphatic rings. The van der Waals surface area contributed by atoms with Gasteiger partial charge in [-0.15, -0.1) is 10.2 Å². The molecule has 31 heavy (non-hydrogen) atoms. The van der Waals surface area contributed by atoms with E-state index in [-0.39, 0.29) is 5.91 Å². The Bertz CT molecular complexity index is 1070. The van der Waals surface area contributed by atoms with E-state index in [1.807, 2.05) is 0 Å². The van der Waals surface area contributed by atoms with Gasteiger partial charge in [-0.05, 0) is 48.5 Å². The molecule has 1 aromatic carbocycles. The van der Waals surface area contributed by atoms with E-state index in [9.17, 15) is 18.0 Å². The van der Waals surface area contributed by atoms with E-state index in [1.54, 1.807) is 22.8 Å². The van der Waals surface area contributed by atoms with Crippen molar-refractivity contribution in [2.75, 3.05) is 6.54 Å². The summed E-state index contributed by atoms with van der Waals surface area (Å²) in [6, 6.07) is 7.25. The van der Waals surface area contributed by atoms with Crippen molar-refractivity contribution < 1.29 is 18.0 Å². The van der Waals surface area contributed by atoms with E-state index in [0.717, 1.165) is 24.0 Å². The Labute approximate surface area is 190 Å². The summed E-state index contributed by atoms with van der Waals surface area (Å²) in [6.07, 6.45) is -2.58. The molecule has 0 radical (unpaired) electrons. The summed E-state index contributed by atoms with van der Waals surface area (Å²) in [7, 11) is 0. The lowest BCUT2D eigenvalue weighted by Gasteiger charge is -2.11. The van der Waals surface area contributed by atoms with Gasteiger partial charge < -0.3 is 5.32 Å². The zero-order chi connectivity index (χ0) is 22.6. The predicted molar refractivity (Wildman–Crippen MR) is 112 cm³/mol. The number of amides is 1. The van der Waals surface area contributed by atoms with Crippen molar-refractivity contribution in [3.05, 3.63) is 58.0 Å². The number of nitrogens with zero attached hydrogens (tertiary/aromatic N) is 4. The molecule has 164 valence electrons. The molecular weight excluding hydrogens is 474 g/mol. The Morgan fingerprint density at radius 3 is 2.55 bits per heavy atom. The zero-order valence-electron chi connectivity index (χ0n) is 16.1. The van der Waals surface area contributed by atoms with Crippen LogP contribution < -0.4 is 5.32 Å². The van der Waals surface area contributed by atoms with Crippen LogP contribution in [0, 0.1) is 0 Å². The second-order valence-electron chi connectivity index (χ2n) is 6.40. The minimum atomic E-state index is -4.46. The molecule has 0 unspecified atom stereocenters. The smallest absolute Gasteiger partial charge is 0.356 e.